The van der Waals surface area contributed by atoms with E-state index in [0.29, 0.717) is 18.5 Å². The van der Waals surface area contributed by atoms with E-state index in [4.69, 9.17) is 11.6 Å². The van der Waals surface area contributed by atoms with Crippen LogP contribution in [0, 0.1) is 11.3 Å². The van der Waals surface area contributed by atoms with Crippen LogP contribution in [0.25, 0.3) is 0 Å². The second kappa shape index (κ2) is 4.86. The zero-order valence-corrected chi connectivity index (χ0v) is 14.2. The number of aliphatic imine (C=N–C) groups is 1. The van der Waals surface area contributed by atoms with Gasteiger partial charge in [0.05, 0.1) is 6.54 Å². The molecule has 0 saturated carbocycles. The monoisotopic (exact) mass is 314 g/mol. The van der Waals surface area contributed by atoms with Crippen LogP contribution < -0.4 is 0 Å². The Morgan fingerprint density at radius 3 is 3.09 bits per heavy atom. The first kappa shape index (κ1) is 14.3. The summed E-state index contributed by atoms with van der Waals surface area (Å²) in [6.45, 7) is 10.3. The molecule has 2 nitrogen and oxygen atoms in total. The Hall–Kier alpha value is -1.28. The van der Waals surface area contributed by atoms with Crippen LogP contribution in [0.2, 0.25) is 0 Å². The zero-order chi connectivity index (χ0) is 15.5. The van der Waals surface area contributed by atoms with E-state index < -0.39 is 0 Å². The van der Waals surface area contributed by atoms with Gasteiger partial charge in [-0.2, -0.15) is 0 Å². The molecule has 0 N–H and O–H groups in total. The lowest BCUT2D eigenvalue weighted by Crippen LogP contribution is -2.46. The molecule has 4 rings (SSSR count). The van der Waals surface area contributed by atoms with Crippen LogP contribution in [-0.2, 0) is 0 Å². The van der Waals surface area contributed by atoms with Gasteiger partial charge in [0.25, 0.3) is 0 Å². The predicted octanol–water partition coefficient (Wildman–Crippen LogP) is 4.45. The molecule has 2 aliphatic heterocycles. The van der Waals surface area contributed by atoms with Crippen molar-refractivity contribution < 1.29 is 0 Å². The number of halogens is 1. The van der Waals surface area contributed by atoms with Gasteiger partial charge in [-0.1, -0.05) is 37.1 Å². The highest BCUT2D eigenvalue weighted by Crippen LogP contribution is 2.56. The fraction of sp³-hybridized carbons (Fsp3) is 0.526. The molecule has 2 aliphatic carbocycles. The predicted molar refractivity (Wildman–Crippen MR) is 93.2 cm³/mol. The van der Waals surface area contributed by atoms with Gasteiger partial charge in [0.1, 0.15) is 0 Å². The fourth-order valence-corrected chi connectivity index (χ4v) is 5.07. The molecule has 3 unspecified atom stereocenters. The second-order valence-corrected chi connectivity index (χ2v) is 7.65. The van der Waals surface area contributed by atoms with Gasteiger partial charge in [0, 0.05) is 34.9 Å². The average molecular weight is 315 g/mol. The van der Waals surface area contributed by atoms with Crippen LogP contribution in [0.4, 0.5) is 0 Å². The topological polar surface area (TPSA) is 15.6 Å². The summed E-state index contributed by atoms with van der Waals surface area (Å²) in [5.41, 5.74) is 6.09. The summed E-state index contributed by atoms with van der Waals surface area (Å²) < 4.78 is 0. The summed E-state index contributed by atoms with van der Waals surface area (Å²) in [5.74, 6) is 0.543. The van der Waals surface area contributed by atoms with Crippen molar-refractivity contribution in [3.63, 3.8) is 0 Å². The van der Waals surface area contributed by atoms with Gasteiger partial charge in [-0.3, -0.25) is 4.99 Å². The third kappa shape index (κ3) is 1.76. The van der Waals surface area contributed by atoms with Gasteiger partial charge < -0.3 is 4.90 Å². The van der Waals surface area contributed by atoms with Crippen LogP contribution >= 0.6 is 11.6 Å². The highest BCUT2D eigenvalue weighted by molar-refractivity contribution is 6.30. The summed E-state index contributed by atoms with van der Waals surface area (Å²) in [6, 6.07) is 0.553. The first-order valence-electron chi connectivity index (χ1n) is 8.27. The number of hydrogen-bond acceptors (Lipinski definition) is 2. The maximum Gasteiger partial charge on any atom is 0.0743 e. The minimum Gasteiger partial charge on any atom is -0.367 e. The molecule has 0 aromatic rings. The van der Waals surface area contributed by atoms with Gasteiger partial charge >= 0.3 is 0 Å². The number of hydrogen-bond donors (Lipinski definition) is 0. The summed E-state index contributed by atoms with van der Waals surface area (Å²) in [6.07, 6.45) is 9.86. The van der Waals surface area contributed by atoms with Crippen molar-refractivity contribution in [3.8, 4) is 0 Å². The van der Waals surface area contributed by atoms with E-state index in [1.54, 1.807) is 5.57 Å². The molecule has 0 saturated heterocycles. The molecule has 0 aromatic heterocycles. The smallest absolute Gasteiger partial charge is 0.0743 e. The highest BCUT2D eigenvalue weighted by Gasteiger charge is 2.50. The molecule has 0 spiro atoms. The number of likely N-dealkylation sites (tertiary alicyclic amines) is 1. The molecule has 5 bridgehead atoms. The molecule has 0 fully saturated rings. The Balaban J connectivity index is 1.99. The van der Waals surface area contributed by atoms with E-state index in [-0.39, 0.29) is 5.41 Å². The van der Waals surface area contributed by atoms with Crippen LogP contribution in [0.15, 0.2) is 51.2 Å². The number of rotatable bonds is 2. The number of nitrogens with zero attached hydrogens (tertiary/aromatic N) is 2. The van der Waals surface area contributed by atoms with Gasteiger partial charge in [-0.15, -0.1) is 6.58 Å². The molecule has 0 amide bonds. The molecular weight excluding hydrogens is 292 g/mol. The summed E-state index contributed by atoms with van der Waals surface area (Å²) in [7, 11) is 0. The Morgan fingerprint density at radius 2 is 2.32 bits per heavy atom. The third-order valence-corrected chi connectivity index (χ3v) is 6.40. The molecule has 3 heteroatoms. The molecule has 116 valence electrons. The van der Waals surface area contributed by atoms with Crippen LogP contribution in [0.1, 0.15) is 33.1 Å². The molecular formula is C19H23ClN2. The second-order valence-electron chi connectivity index (χ2n) is 7.16. The Morgan fingerprint density at radius 1 is 1.50 bits per heavy atom. The van der Waals surface area contributed by atoms with Crippen LogP contribution in [0.5, 0.6) is 0 Å². The summed E-state index contributed by atoms with van der Waals surface area (Å²) in [5, 5.41) is 0.854. The third-order valence-electron chi connectivity index (χ3n) is 6.17. The Labute approximate surface area is 137 Å². The summed E-state index contributed by atoms with van der Waals surface area (Å²) >= 11 is 6.41. The highest BCUT2D eigenvalue weighted by atomic mass is 35.5. The maximum absolute atomic E-state index is 6.41. The first-order chi connectivity index (χ1) is 10.6. The minimum absolute atomic E-state index is 0.0429. The standard InChI is InChI=1S/C19H23ClN2/c1-4-7-22-17-6-5-16-14-8-13(20)10-21-11-19(16,3)12(2)18(22)9-15(14)17/h4,8,11-12,18H,1,5-7,9-10H2,2-3H3/b13-8+,21-11-. The SMILES string of the molecule is C=CCN1C2=C3CC1C(C)C1(C)/C=N\C/C(Cl)=C\C3=C1CC2. The normalized spacial score (nSPS) is 40.1. The quantitative estimate of drug-likeness (QED) is 0.687. The van der Waals surface area contributed by atoms with Crippen molar-refractivity contribution in [1.29, 1.82) is 0 Å². The lowest BCUT2D eigenvalue weighted by atomic mass is 9.66. The number of allylic oxidation sites excluding steroid dienone is 4. The molecule has 0 aromatic carbocycles. The van der Waals surface area contributed by atoms with Gasteiger partial charge in [0.15, 0.2) is 0 Å². The van der Waals surface area contributed by atoms with Crippen LogP contribution in [-0.4, -0.2) is 30.2 Å². The number of fused-ring (bicyclic) bond motifs is 1. The van der Waals surface area contributed by atoms with Crippen molar-refractivity contribution in [2.75, 3.05) is 13.1 Å². The zero-order valence-electron chi connectivity index (χ0n) is 13.4. The summed E-state index contributed by atoms with van der Waals surface area (Å²) in [4.78, 5) is 7.25. The molecule has 2 heterocycles. The van der Waals surface area contributed by atoms with Crippen molar-refractivity contribution in [3.05, 3.63) is 46.2 Å². The molecule has 0 radical (unpaired) electrons. The first-order valence-corrected chi connectivity index (χ1v) is 8.64. The van der Waals surface area contributed by atoms with E-state index in [1.807, 2.05) is 6.08 Å². The van der Waals surface area contributed by atoms with E-state index in [0.717, 1.165) is 30.8 Å². The van der Waals surface area contributed by atoms with Gasteiger partial charge in [0.2, 0.25) is 0 Å². The van der Waals surface area contributed by atoms with E-state index in [1.165, 1.54) is 16.8 Å². The minimum atomic E-state index is 0.0429. The van der Waals surface area contributed by atoms with Gasteiger partial charge in [-0.25, -0.2) is 0 Å². The van der Waals surface area contributed by atoms with Gasteiger partial charge in [-0.05, 0) is 42.4 Å². The average Bonchev–Trinajstić information content (AvgIpc) is 2.82. The fourth-order valence-electron chi connectivity index (χ4n) is 4.89. The molecule has 22 heavy (non-hydrogen) atoms. The van der Waals surface area contributed by atoms with E-state index in [2.05, 4.69) is 42.6 Å². The molecule has 3 atom stereocenters. The van der Waals surface area contributed by atoms with Crippen molar-refractivity contribution >= 4 is 17.8 Å². The van der Waals surface area contributed by atoms with Crippen LogP contribution in [0.3, 0.4) is 0 Å². The van der Waals surface area contributed by atoms with E-state index in [9.17, 15) is 0 Å². The Kier molecular flexibility index (Phi) is 3.16. The lowest BCUT2D eigenvalue weighted by Gasteiger charge is -2.46. The lowest BCUT2D eigenvalue weighted by molar-refractivity contribution is 0.162. The Bertz CT molecular complexity index is 667. The van der Waals surface area contributed by atoms with E-state index >= 15 is 0 Å². The molecule has 4 aliphatic rings. The maximum atomic E-state index is 6.41. The van der Waals surface area contributed by atoms with Crippen molar-refractivity contribution in [2.45, 2.75) is 39.2 Å². The van der Waals surface area contributed by atoms with Crippen molar-refractivity contribution in [2.24, 2.45) is 16.3 Å². The largest absolute Gasteiger partial charge is 0.367 e. The van der Waals surface area contributed by atoms with Crippen molar-refractivity contribution in [1.82, 2.24) is 4.90 Å².